The van der Waals surface area contributed by atoms with Crippen LogP contribution < -0.4 is 4.74 Å². The third kappa shape index (κ3) is 4.13. The Balaban J connectivity index is 3.38. The summed E-state index contributed by atoms with van der Waals surface area (Å²) in [5.74, 6) is -1.84. The molecule has 0 radical (unpaired) electrons. The highest BCUT2D eigenvalue weighted by Gasteiger charge is 2.39. The first-order chi connectivity index (χ1) is 8.58. The van der Waals surface area contributed by atoms with Crippen LogP contribution >= 0.6 is 11.6 Å². The number of hydrogen-bond donors (Lipinski definition) is 1. The van der Waals surface area contributed by atoms with Gasteiger partial charge in [-0.3, -0.25) is 0 Å². The quantitative estimate of drug-likeness (QED) is 0.688. The zero-order valence-corrected chi connectivity index (χ0v) is 9.70. The standard InChI is InChI=1S/C9H6ClF6NO2/c10-2-4-1-5(3-18)6(8(11,12)13)17-7(4)19-9(14,15)16/h1,18H,2-3H2. The van der Waals surface area contributed by atoms with Crippen LogP contribution in [0.15, 0.2) is 6.07 Å². The lowest BCUT2D eigenvalue weighted by molar-refractivity contribution is -0.276. The number of ether oxygens (including phenoxy) is 1. The Labute approximate surface area is 107 Å². The summed E-state index contributed by atoms with van der Waals surface area (Å²) >= 11 is 5.31. The minimum atomic E-state index is -5.20. The maximum absolute atomic E-state index is 12.5. The molecule has 0 saturated heterocycles. The summed E-state index contributed by atoms with van der Waals surface area (Å²) in [6, 6.07) is 0.671. The summed E-state index contributed by atoms with van der Waals surface area (Å²) in [4.78, 5) is 2.76. The number of aliphatic hydroxyl groups is 1. The lowest BCUT2D eigenvalue weighted by atomic mass is 10.1. The third-order valence-corrected chi connectivity index (χ3v) is 2.22. The normalized spacial score (nSPS) is 12.6. The molecule has 0 bridgehead atoms. The summed E-state index contributed by atoms with van der Waals surface area (Å²) in [5.41, 5.74) is -2.74. The number of aliphatic hydroxyl groups excluding tert-OH is 1. The largest absolute Gasteiger partial charge is 0.574 e. The Kier molecular flexibility index (Phi) is 4.51. The lowest BCUT2D eigenvalue weighted by Gasteiger charge is -2.16. The predicted octanol–water partition coefficient (Wildman–Crippen LogP) is 3.23. The molecular formula is C9H6ClF6NO2. The van der Waals surface area contributed by atoms with Gasteiger partial charge in [0.1, 0.15) is 0 Å². The molecule has 10 heteroatoms. The number of halogens is 7. The Morgan fingerprint density at radius 3 is 2.11 bits per heavy atom. The molecule has 1 heterocycles. The Bertz CT molecular complexity index is 459. The molecule has 0 unspecified atom stereocenters. The highest BCUT2D eigenvalue weighted by molar-refractivity contribution is 6.17. The van der Waals surface area contributed by atoms with Gasteiger partial charge >= 0.3 is 12.5 Å². The third-order valence-electron chi connectivity index (χ3n) is 1.94. The van der Waals surface area contributed by atoms with Crippen LogP contribution in [0.4, 0.5) is 26.3 Å². The topological polar surface area (TPSA) is 42.4 Å². The van der Waals surface area contributed by atoms with Gasteiger partial charge in [0.05, 0.1) is 12.5 Å². The minimum Gasteiger partial charge on any atom is -0.392 e. The second-order valence-corrected chi connectivity index (χ2v) is 3.56. The van der Waals surface area contributed by atoms with Crippen molar-refractivity contribution in [2.24, 2.45) is 0 Å². The molecule has 0 aromatic carbocycles. The van der Waals surface area contributed by atoms with Crippen molar-refractivity contribution >= 4 is 11.6 Å². The molecule has 3 nitrogen and oxygen atoms in total. The maximum Gasteiger partial charge on any atom is 0.574 e. The Morgan fingerprint density at radius 2 is 1.74 bits per heavy atom. The van der Waals surface area contributed by atoms with Gasteiger partial charge in [-0.1, -0.05) is 0 Å². The maximum atomic E-state index is 12.5. The second-order valence-electron chi connectivity index (χ2n) is 3.30. The van der Waals surface area contributed by atoms with Crippen LogP contribution in [0.2, 0.25) is 0 Å². The second kappa shape index (κ2) is 5.41. The fraction of sp³-hybridized carbons (Fsp3) is 0.444. The van der Waals surface area contributed by atoms with Crippen LogP contribution in [0, 0.1) is 0 Å². The molecular weight excluding hydrogens is 304 g/mol. The van der Waals surface area contributed by atoms with Crippen molar-refractivity contribution in [1.29, 1.82) is 0 Å². The van der Waals surface area contributed by atoms with E-state index in [2.05, 4.69) is 9.72 Å². The van der Waals surface area contributed by atoms with Crippen LogP contribution in [0.3, 0.4) is 0 Å². The molecule has 0 aliphatic heterocycles. The van der Waals surface area contributed by atoms with Crippen LogP contribution in [0.5, 0.6) is 5.88 Å². The van der Waals surface area contributed by atoms with E-state index in [4.69, 9.17) is 16.7 Å². The highest BCUT2D eigenvalue weighted by atomic mass is 35.5. The molecule has 0 spiro atoms. The molecule has 108 valence electrons. The smallest absolute Gasteiger partial charge is 0.392 e. The number of aromatic nitrogens is 1. The average molecular weight is 310 g/mol. The molecule has 0 saturated carbocycles. The summed E-state index contributed by atoms with van der Waals surface area (Å²) < 4.78 is 77.1. The molecule has 0 fully saturated rings. The van der Waals surface area contributed by atoms with E-state index >= 15 is 0 Å². The van der Waals surface area contributed by atoms with Gasteiger partial charge in [0.2, 0.25) is 5.88 Å². The lowest BCUT2D eigenvalue weighted by Crippen LogP contribution is -2.21. The first-order valence-electron chi connectivity index (χ1n) is 4.61. The zero-order chi connectivity index (χ0) is 14.8. The molecule has 19 heavy (non-hydrogen) atoms. The molecule has 0 aliphatic carbocycles. The van der Waals surface area contributed by atoms with Gasteiger partial charge in [0, 0.05) is 11.1 Å². The monoisotopic (exact) mass is 309 g/mol. The fourth-order valence-electron chi connectivity index (χ4n) is 1.25. The van der Waals surface area contributed by atoms with E-state index in [-0.39, 0.29) is 0 Å². The molecule has 0 amide bonds. The van der Waals surface area contributed by atoms with Crippen molar-refractivity contribution in [1.82, 2.24) is 4.98 Å². The predicted molar refractivity (Wildman–Crippen MR) is 51.4 cm³/mol. The van der Waals surface area contributed by atoms with Gasteiger partial charge in [-0.15, -0.1) is 24.8 Å². The minimum absolute atomic E-state index is 0.406. The molecule has 1 rings (SSSR count). The highest BCUT2D eigenvalue weighted by Crippen LogP contribution is 2.35. The van der Waals surface area contributed by atoms with E-state index in [1.807, 2.05) is 0 Å². The van der Waals surface area contributed by atoms with E-state index in [1.54, 1.807) is 0 Å². The first kappa shape index (κ1) is 15.8. The van der Waals surface area contributed by atoms with Crippen LogP contribution in [-0.4, -0.2) is 16.5 Å². The Morgan fingerprint density at radius 1 is 1.16 bits per heavy atom. The first-order valence-corrected chi connectivity index (χ1v) is 5.14. The molecule has 0 aliphatic rings. The van der Waals surface area contributed by atoms with Gasteiger partial charge in [-0.25, -0.2) is 4.98 Å². The SMILES string of the molecule is OCc1cc(CCl)c(OC(F)(F)F)nc1C(F)(F)F. The van der Waals surface area contributed by atoms with Crippen LogP contribution in [0.25, 0.3) is 0 Å². The van der Waals surface area contributed by atoms with Crippen molar-refractivity contribution in [3.8, 4) is 5.88 Å². The Hall–Kier alpha value is -1.22. The van der Waals surface area contributed by atoms with E-state index < -0.39 is 47.7 Å². The van der Waals surface area contributed by atoms with E-state index in [1.165, 1.54) is 0 Å². The van der Waals surface area contributed by atoms with Crippen molar-refractivity contribution in [3.05, 3.63) is 22.9 Å². The van der Waals surface area contributed by atoms with Gasteiger partial charge < -0.3 is 9.84 Å². The van der Waals surface area contributed by atoms with Crippen molar-refractivity contribution in [2.45, 2.75) is 25.0 Å². The van der Waals surface area contributed by atoms with Crippen LogP contribution in [-0.2, 0) is 18.7 Å². The number of nitrogens with zero attached hydrogens (tertiary/aromatic N) is 1. The number of rotatable bonds is 3. The van der Waals surface area contributed by atoms with Crippen molar-refractivity contribution in [2.75, 3.05) is 0 Å². The van der Waals surface area contributed by atoms with Gasteiger partial charge in [0.15, 0.2) is 5.69 Å². The fourth-order valence-corrected chi connectivity index (χ4v) is 1.44. The van der Waals surface area contributed by atoms with E-state index in [0.717, 1.165) is 0 Å². The van der Waals surface area contributed by atoms with Gasteiger partial charge in [0.25, 0.3) is 0 Å². The zero-order valence-electron chi connectivity index (χ0n) is 8.94. The van der Waals surface area contributed by atoms with Crippen molar-refractivity contribution < 1.29 is 36.2 Å². The number of pyridine rings is 1. The van der Waals surface area contributed by atoms with E-state index in [9.17, 15) is 26.3 Å². The molecule has 1 aromatic rings. The van der Waals surface area contributed by atoms with Crippen molar-refractivity contribution in [3.63, 3.8) is 0 Å². The van der Waals surface area contributed by atoms with Gasteiger partial charge in [-0.05, 0) is 6.07 Å². The van der Waals surface area contributed by atoms with Crippen LogP contribution in [0.1, 0.15) is 16.8 Å². The number of alkyl halides is 7. The summed E-state index contributed by atoms with van der Waals surface area (Å²) in [5, 5.41) is 8.78. The molecule has 1 aromatic heterocycles. The summed E-state index contributed by atoms with van der Waals surface area (Å²) in [6.07, 6.45) is -10.2. The number of hydrogen-bond acceptors (Lipinski definition) is 3. The average Bonchev–Trinajstić information content (AvgIpc) is 2.25. The molecule has 1 N–H and O–H groups in total. The van der Waals surface area contributed by atoms with Gasteiger partial charge in [-0.2, -0.15) is 13.2 Å². The van der Waals surface area contributed by atoms with E-state index in [0.29, 0.717) is 6.07 Å². The summed E-state index contributed by atoms with van der Waals surface area (Å²) in [6.45, 7) is -1.04. The molecule has 0 atom stereocenters. The summed E-state index contributed by atoms with van der Waals surface area (Å²) in [7, 11) is 0.